The zero-order valence-electron chi connectivity index (χ0n) is 10.1. The molecule has 5 nitrogen and oxygen atoms in total. The van der Waals surface area contributed by atoms with Gasteiger partial charge in [0.25, 0.3) is 0 Å². The Morgan fingerprint density at radius 3 is 2.68 bits per heavy atom. The van der Waals surface area contributed by atoms with Crippen molar-refractivity contribution in [2.45, 2.75) is 0 Å². The third-order valence-corrected chi connectivity index (χ3v) is 3.50. The van der Waals surface area contributed by atoms with E-state index in [0.717, 1.165) is 26.9 Å². The van der Waals surface area contributed by atoms with Crippen LogP contribution in [0, 0.1) is 0 Å². The maximum atomic E-state index is 5.78. The molecule has 1 aromatic carbocycles. The quantitative estimate of drug-likeness (QED) is 0.761. The highest BCUT2D eigenvalue weighted by Crippen LogP contribution is 2.31. The van der Waals surface area contributed by atoms with Gasteiger partial charge in [-0.25, -0.2) is 4.98 Å². The Labute approximate surface area is 117 Å². The number of H-pyrrole nitrogens is 1. The average molecular weight is 319 g/mol. The van der Waals surface area contributed by atoms with Crippen LogP contribution in [0.25, 0.3) is 22.3 Å². The number of nitrogen functional groups attached to an aromatic ring is 1. The molecule has 0 aliphatic heterocycles. The van der Waals surface area contributed by atoms with E-state index < -0.39 is 0 Å². The van der Waals surface area contributed by atoms with Crippen molar-refractivity contribution in [2.24, 2.45) is 0 Å². The number of rotatable bonds is 2. The summed E-state index contributed by atoms with van der Waals surface area (Å²) in [5.74, 6) is 1.33. The Morgan fingerprint density at radius 1 is 1.26 bits per heavy atom. The topological polar surface area (TPSA) is 76.8 Å². The standard InChI is InChI=1S/C13H11BrN4O/c1-19-8-4-2-7(3-5-8)11-10(14)6-9-12(15)17-18-13(9)16-11/h2-6H,1H3,(H3,15,16,17,18). The minimum atomic E-state index is 0.518. The van der Waals surface area contributed by atoms with Crippen molar-refractivity contribution in [1.82, 2.24) is 15.2 Å². The summed E-state index contributed by atoms with van der Waals surface area (Å²) in [7, 11) is 1.64. The molecule has 0 atom stereocenters. The largest absolute Gasteiger partial charge is 0.497 e. The summed E-state index contributed by atoms with van der Waals surface area (Å²) < 4.78 is 6.02. The van der Waals surface area contributed by atoms with Crippen LogP contribution in [0.5, 0.6) is 5.75 Å². The fourth-order valence-electron chi connectivity index (χ4n) is 1.89. The molecule has 6 heteroatoms. The van der Waals surface area contributed by atoms with Crippen LogP contribution < -0.4 is 10.5 Å². The van der Waals surface area contributed by atoms with Crippen molar-refractivity contribution in [3.8, 4) is 17.0 Å². The monoisotopic (exact) mass is 318 g/mol. The summed E-state index contributed by atoms with van der Waals surface area (Å²) in [6.07, 6.45) is 0. The van der Waals surface area contributed by atoms with Crippen LogP contribution in [0.4, 0.5) is 5.82 Å². The lowest BCUT2D eigenvalue weighted by Crippen LogP contribution is -1.89. The number of fused-ring (bicyclic) bond motifs is 1. The molecule has 96 valence electrons. The van der Waals surface area contributed by atoms with E-state index in [2.05, 4.69) is 31.1 Å². The predicted octanol–water partition coefficient (Wildman–Crippen LogP) is 2.98. The minimum absolute atomic E-state index is 0.518. The molecule has 0 amide bonds. The van der Waals surface area contributed by atoms with Gasteiger partial charge in [0.1, 0.15) is 11.6 Å². The van der Waals surface area contributed by atoms with Gasteiger partial charge in [0.15, 0.2) is 5.65 Å². The molecule has 19 heavy (non-hydrogen) atoms. The van der Waals surface area contributed by atoms with Crippen LogP contribution in [0.15, 0.2) is 34.8 Å². The number of aromatic nitrogens is 3. The number of hydrogen-bond donors (Lipinski definition) is 2. The van der Waals surface area contributed by atoms with E-state index >= 15 is 0 Å². The fourth-order valence-corrected chi connectivity index (χ4v) is 2.43. The lowest BCUT2D eigenvalue weighted by Gasteiger charge is -2.05. The molecule has 0 fully saturated rings. The summed E-state index contributed by atoms with van der Waals surface area (Å²) in [6, 6.07) is 9.61. The molecule has 0 saturated carbocycles. The van der Waals surface area contributed by atoms with Gasteiger partial charge in [-0.15, -0.1) is 0 Å². The smallest absolute Gasteiger partial charge is 0.183 e. The number of aromatic amines is 1. The Bertz CT molecular complexity index is 736. The maximum absolute atomic E-state index is 5.78. The number of anilines is 1. The minimum Gasteiger partial charge on any atom is -0.497 e. The van der Waals surface area contributed by atoms with Gasteiger partial charge >= 0.3 is 0 Å². The lowest BCUT2D eigenvalue weighted by molar-refractivity contribution is 0.415. The van der Waals surface area contributed by atoms with Gasteiger partial charge in [-0.1, -0.05) is 0 Å². The van der Waals surface area contributed by atoms with E-state index in [0.29, 0.717) is 11.5 Å². The normalized spacial score (nSPS) is 10.8. The lowest BCUT2D eigenvalue weighted by atomic mass is 10.1. The van der Waals surface area contributed by atoms with E-state index in [1.54, 1.807) is 7.11 Å². The first-order valence-electron chi connectivity index (χ1n) is 5.63. The number of nitrogens with zero attached hydrogens (tertiary/aromatic N) is 2. The molecule has 2 aromatic heterocycles. The Balaban J connectivity index is 2.15. The zero-order valence-corrected chi connectivity index (χ0v) is 11.7. The first kappa shape index (κ1) is 12.0. The van der Waals surface area contributed by atoms with Crippen molar-refractivity contribution < 1.29 is 4.74 Å². The van der Waals surface area contributed by atoms with Gasteiger partial charge in [0.2, 0.25) is 0 Å². The van der Waals surface area contributed by atoms with Crippen LogP contribution in [-0.4, -0.2) is 22.3 Å². The van der Waals surface area contributed by atoms with Gasteiger partial charge in [0, 0.05) is 10.0 Å². The third kappa shape index (κ3) is 2.04. The number of hydrogen-bond acceptors (Lipinski definition) is 4. The van der Waals surface area contributed by atoms with Crippen LogP contribution in [0.1, 0.15) is 0 Å². The molecule has 0 aliphatic carbocycles. The molecule has 2 heterocycles. The Hall–Kier alpha value is -2.08. The predicted molar refractivity (Wildman–Crippen MR) is 78.0 cm³/mol. The highest BCUT2D eigenvalue weighted by atomic mass is 79.9. The number of nitrogens with two attached hydrogens (primary N) is 1. The van der Waals surface area contributed by atoms with Crippen molar-refractivity contribution in [1.29, 1.82) is 0 Å². The van der Waals surface area contributed by atoms with Crippen molar-refractivity contribution in [3.05, 3.63) is 34.8 Å². The SMILES string of the molecule is COc1ccc(-c2nc3n[nH]c(N)c3cc2Br)cc1. The number of pyridine rings is 1. The molecular weight excluding hydrogens is 308 g/mol. The van der Waals surface area contributed by atoms with Crippen molar-refractivity contribution >= 4 is 32.8 Å². The molecule has 3 N–H and O–H groups in total. The number of methoxy groups -OCH3 is 1. The second-order valence-electron chi connectivity index (χ2n) is 4.06. The zero-order chi connectivity index (χ0) is 13.4. The highest BCUT2D eigenvalue weighted by Gasteiger charge is 2.11. The van der Waals surface area contributed by atoms with E-state index in [4.69, 9.17) is 10.5 Å². The van der Waals surface area contributed by atoms with Gasteiger partial charge in [-0.3, -0.25) is 5.10 Å². The Morgan fingerprint density at radius 2 is 2.00 bits per heavy atom. The van der Waals surface area contributed by atoms with E-state index in [-0.39, 0.29) is 0 Å². The summed E-state index contributed by atoms with van der Waals surface area (Å²) in [4.78, 5) is 4.51. The molecule has 0 saturated heterocycles. The van der Waals surface area contributed by atoms with Gasteiger partial charge in [0.05, 0.1) is 18.2 Å². The van der Waals surface area contributed by atoms with Crippen molar-refractivity contribution in [3.63, 3.8) is 0 Å². The molecule has 3 aromatic rings. The number of halogens is 1. The summed E-state index contributed by atoms with van der Waals surface area (Å²) in [6.45, 7) is 0. The van der Waals surface area contributed by atoms with Crippen LogP contribution >= 0.6 is 15.9 Å². The average Bonchev–Trinajstić information content (AvgIpc) is 2.79. The fraction of sp³-hybridized carbons (Fsp3) is 0.0769. The number of nitrogens with one attached hydrogen (secondary N) is 1. The van der Waals surface area contributed by atoms with Gasteiger partial charge < -0.3 is 10.5 Å². The summed E-state index contributed by atoms with van der Waals surface area (Å²) >= 11 is 3.52. The second kappa shape index (κ2) is 4.55. The number of ether oxygens (including phenoxy) is 1. The second-order valence-corrected chi connectivity index (χ2v) is 4.91. The molecule has 0 aliphatic rings. The van der Waals surface area contributed by atoms with Crippen LogP contribution in [0.2, 0.25) is 0 Å². The molecule has 3 rings (SSSR count). The van der Waals surface area contributed by atoms with Crippen molar-refractivity contribution in [2.75, 3.05) is 12.8 Å². The summed E-state index contributed by atoms with van der Waals surface area (Å²) in [5, 5.41) is 7.61. The summed E-state index contributed by atoms with van der Waals surface area (Å²) in [5.41, 5.74) is 8.18. The third-order valence-electron chi connectivity index (χ3n) is 2.89. The molecule has 0 radical (unpaired) electrons. The molecule has 0 unspecified atom stereocenters. The Kier molecular flexibility index (Phi) is 2.87. The van der Waals surface area contributed by atoms with E-state index in [9.17, 15) is 0 Å². The first-order chi connectivity index (χ1) is 9.19. The maximum Gasteiger partial charge on any atom is 0.183 e. The molecule has 0 spiro atoms. The van der Waals surface area contributed by atoms with E-state index in [1.807, 2.05) is 30.3 Å². The van der Waals surface area contributed by atoms with Gasteiger partial charge in [-0.2, -0.15) is 5.10 Å². The van der Waals surface area contributed by atoms with E-state index in [1.165, 1.54) is 0 Å². The molecular formula is C13H11BrN4O. The highest BCUT2D eigenvalue weighted by molar-refractivity contribution is 9.10. The first-order valence-corrected chi connectivity index (χ1v) is 6.43. The van der Waals surface area contributed by atoms with Crippen LogP contribution in [0.3, 0.4) is 0 Å². The molecule has 0 bridgehead atoms. The number of benzene rings is 1. The van der Waals surface area contributed by atoms with Gasteiger partial charge in [-0.05, 0) is 46.3 Å². The van der Waals surface area contributed by atoms with Crippen LogP contribution in [-0.2, 0) is 0 Å².